The molecule has 1 rings (SSSR count). The predicted octanol–water partition coefficient (Wildman–Crippen LogP) is 1.58. The topological polar surface area (TPSA) is 23.5 Å². The lowest BCUT2D eigenvalue weighted by atomic mass is 9.94. The molecule has 1 aliphatic heterocycles. The number of halogens is 1. The van der Waals surface area contributed by atoms with E-state index < -0.39 is 11.8 Å². The number of alkyl halides is 1. The summed E-state index contributed by atoms with van der Waals surface area (Å²) in [5.74, 6) is 0. The normalized spacial score (nSPS) is 25.8. The van der Waals surface area contributed by atoms with Crippen LogP contribution in [0.3, 0.4) is 0 Å². The molecule has 0 spiro atoms. The van der Waals surface area contributed by atoms with Crippen LogP contribution in [0.25, 0.3) is 0 Å². The van der Waals surface area contributed by atoms with Crippen LogP contribution < -0.4 is 0 Å². The van der Waals surface area contributed by atoms with Crippen LogP contribution in [0.15, 0.2) is 0 Å². The van der Waals surface area contributed by atoms with E-state index in [9.17, 15) is 9.50 Å². The third kappa shape index (κ3) is 4.05. The third-order valence-electron chi connectivity index (χ3n) is 2.78. The average Bonchev–Trinajstić information content (AvgIpc) is 2.02. The summed E-state index contributed by atoms with van der Waals surface area (Å²) in [7, 11) is 0. The van der Waals surface area contributed by atoms with Crippen molar-refractivity contribution in [3.05, 3.63) is 0 Å². The molecule has 2 nitrogen and oxygen atoms in total. The summed E-state index contributed by atoms with van der Waals surface area (Å²) in [5.41, 5.74) is -0.488. The highest BCUT2D eigenvalue weighted by Crippen LogP contribution is 2.21. The van der Waals surface area contributed by atoms with Gasteiger partial charge in [-0.25, -0.2) is 4.39 Å². The molecule has 0 radical (unpaired) electrons. The average molecular weight is 189 g/mol. The fraction of sp³-hybridized carbons (Fsp3) is 1.00. The number of hydrogen-bond donors (Lipinski definition) is 1. The van der Waals surface area contributed by atoms with Crippen LogP contribution in [0.5, 0.6) is 0 Å². The van der Waals surface area contributed by atoms with E-state index in [1.807, 2.05) is 6.92 Å². The van der Waals surface area contributed by atoms with Gasteiger partial charge in [-0.2, -0.15) is 0 Å². The monoisotopic (exact) mass is 189 g/mol. The van der Waals surface area contributed by atoms with Crippen molar-refractivity contribution < 1.29 is 9.50 Å². The first-order valence-electron chi connectivity index (χ1n) is 5.08. The zero-order valence-corrected chi connectivity index (χ0v) is 8.59. The van der Waals surface area contributed by atoms with Gasteiger partial charge in [-0.15, -0.1) is 0 Å². The van der Waals surface area contributed by atoms with Crippen molar-refractivity contribution >= 4 is 0 Å². The number of nitrogens with zero attached hydrogens (tertiary/aromatic N) is 1. The summed E-state index contributed by atoms with van der Waals surface area (Å²) in [4.78, 5) is 2.23. The molecule has 1 heterocycles. The van der Waals surface area contributed by atoms with Crippen molar-refractivity contribution in [1.29, 1.82) is 0 Å². The van der Waals surface area contributed by atoms with Crippen LogP contribution in [0.1, 0.15) is 33.1 Å². The third-order valence-corrected chi connectivity index (χ3v) is 2.78. The Kier molecular flexibility index (Phi) is 3.68. The molecule has 1 N–H and O–H groups in total. The molecule has 78 valence electrons. The number of piperidine rings is 1. The second-order valence-corrected chi connectivity index (χ2v) is 4.41. The second kappa shape index (κ2) is 4.38. The second-order valence-electron chi connectivity index (χ2n) is 4.41. The SMILES string of the molecule is CC(F)CCN1CCC(C)(O)CC1. The van der Waals surface area contributed by atoms with Crippen molar-refractivity contribution in [3.8, 4) is 0 Å². The highest BCUT2D eigenvalue weighted by molar-refractivity contribution is 4.81. The minimum atomic E-state index is -0.706. The summed E-state index contributed by atoms with van der Waals surface area (Å²) >= 11 is 0. The highest BCUT2D eigenvalue weighted by atomic mass is 19.1. The molecule has 13 heavy (non-hydrogen) atoms. The van der Waals surface area contributed by atoms with Crippen LogP contribution in [-0.2, 0) is 0 Å². The molecular weight excluding hydrogens is 169 g/mol. The van der Waals surface area contributed by atoms with Crippen LogP contribution in [-0.4, -0.2) is 41.4 Å². The molecule has 1 unspecified atom stereocenters. The predicted molar refractivity (Wildman–Crippen MR) is 51.5 cm³/mol. The van der Waals surface area contributed by atoms with Crippen molar-refractivity contribution in [3.63, 3.8) is 0 Å². The molecule has 0 aliphatic carbocycles. The Morgan fingerprint density at radius 3 is 2.46 bits per heavy atom. The fourth-order valence-electron chi connectivity index (χ4n) is 1.62. The van der Waals surface area contributed by atoms with Gasteiger partial charge in [0, 0.05) is 19.6 Å². The van der Waals surface area contributed by atoms with Crippen molar-refractivity contribution in [2.75, 3.05) is 19.6 Å². The fourth-order valence-corrected chi connectivity index (χ4v) is 1.62. The molecule has 1 aliphatic rings. The van der Waals surface area contributed by atoms with E-state index in [1.54, 1.807) is 6.92 Å². The largest absolute Gasteiger partial charge is 0.390 e. The maximum atomic E-state index is 12.5. The van der Waals surface area contributed by atoms with Crippen molar-refractivity contribution in [2.45, 2.75) is 44.9 Å². The van der Waals surface area contributed by atoms with Gasteiger partial charge in [0.1, 0.15) is 0 Å². The Morgan fingerprint density at radius 1 is 1.46 bits per heavy atom. The molecule has 1 fully saturated rings. The zero-order valence-electron chi connectivity index (χ0n) is 8.59. The summed E-state index contributed by atoms with van der Waals surface area (Å²) in [6.07, 6.45) is 1.53. The van der Waals surface area contributed by atoms with Gasteiger partial charge in [0.2, 0.25) is 0 Å². The Morgan fingerprint density at radius 2 is 2.00 bits per heavy atom. The molecule has 0 saturated carbocycles. The first-order valence-corrected chi connectivity index (χ1v) is 5.08. The van der Waals surface area contributed by atoms with E-state index >= 15 is 0 Å². The number of likely N-dealkylation sites (tertiary alicyclic amines) is 1. The first-order chi connectivity index (χ1) is 5.99. The Hall–Kier alpha value is -0.150. The maximum absolute atomic E-state index is 12.5. The summed E-state index contributed by atoms with van der Waals surface area (Å²) in [5, 5.41) is 9.67. The van der Waals surface area contributed by atoms with E-state index in [-0.39, 0.29) is 0 Å². The van der Waals surface area contributed by atoms with Gasteiger partial charge < -0.3 is 10.0 Å². The minimum absolute atomic E-state index is 0.488. The maximum Gasteiger partial charge on any atom is 0.0985 e. The molecular formula is C10H20FNO. The van der Waals surface area contributed by atoms with Gasteiger partial charge in [-0.1, -0.05) is 0 Å². The quantitative estimate of drug-likeness (QED) is 0.728. The Bertz CT molecular complexity index is 146. The van der Waals surface area contributed by atoms with Gasteiger partial charge in [0.15, 0.2) is 0 Å². The molecule has 0 aromatic carbocycles. The van der Waals surface area contributed by atoms with Gasteiger partial charge in [0.05, 0.1) is 11.8 Å². The van der Waals surface area contributed by atoms with Gasteiger partial charge in [-0.05, 0) is 33.1 Å². The summed E-state index contributed by atoms with van der Waals surface area (Å²) in [6.45, 7) is 6.11. The Balaban J connectivity index is 2.18. The lowest BCUT2D eigenvalue weighted by Gasteiger charge is -2.35. The number of hydrogen-bond acceptors (Lipinski definition) is 2. The molecule has 1 saturated heterocycles. The smallest absolute Gasteiger partial charge is 0.0985 e. The van der Waals surface area contributed by atoms with Crippen molar-refractivity contribution in [1.82, 2.24) is 4.90 Å². The molecule has 0 aromatic heterocycles. The van der Waals surface area contributed by atoms with Crippen LogP contribution in [0, 0.1) is 0 Å². The van der Waals surface area contributed by atoms with E-state index in [2.05, 4.69) is 4.90 Å². The highest BCUT2D eigenvalue weighted by Gasteiger charge is 2.26. The van der Waals surface area contributed by atoms with E-state index in [1.165, 1.54) is 0 Å². The summed E-state index contributed by atoms with van der Waals surface area (Å²) in [6, 6.07) is 0. The lowest BCUT2D eigenvalue weighted by Crippen LogP contribution is -2.43. The number of rotatable bonds is 3. The van der Waals surface area contributed by atoms with Gasteiger partial charge >= 0.3 is 0 Å². The zero-order chi connectivity index (χ0) is 9.90. The minimum Gasteiger partial charge on any atom is -0.390 e. The van der Waals surface area contributed by atoms with Gasteiger partial charge in [0.25, 0.3) is 0 Å². The van der Waals surface area contributed by atoms with E-state index in [0.717, 1.165) is 32.5 Å². The van der Waals surface area contributed by atoms with Crippen LogP contribution in [0.2, 0.25) is 0 Å². The van der Waals surface area contributed by atoms with Crippen LogP contribution >= 0.6 is 0 Å². The van der Waals surface area contributed by atoms with Gasteiger partial charge in [-0.3, -0.25) is 0 Å². The molecule has 3 heteroatoms. The lowest BCUT2D eigenvalue weighted by molar-refractivity contribution is -0.00646. The standard InChI is InChI=1S/C10H20FNO/c1-9(11)3-6-12-7-4-10(2,13)5-8-12/h9,13H,3-8H2,1-2H3. The first kappa shape index (κ1) is 10.9. The van der Waals surface area contributed by atoms with Crippen LogP contribution in [0.4, 0.5) is 4.39 Å². The van der Waals surface area contributed by atoms with E-state index in [0.29, 0.717) is 6.42 Å². The summed E-state index contributed by atoms with van der Waals surface area (Å²) < 4.78 is 12.5. The molecule has 0 amide bonds. The Labute approximate surface area is 79.7 Å². The molecule has 0 bridgehead atoms. The van der Waals surface area contributed by atoms with E-state index in [4.69, 9.17) is 0 Å². The number of aliphatic hydroxyl groups is 1. The molecule has 0 aromatic rings. The molecule has 1 atom stereocenters. The van der Waals surface area contributed by atoms with Crippen molar-refractivity contribution in [2.24, 2.45) is 0 Å².